The van der Waals surface area contributed by atoms with Crippen molar-refractivity contribution in [3.63, 3.8) is 0 Å². The average molecular weight is 385 g/mol. The van der Waals surface area contributed by atoms with Gasteiger partial charge in [-0.2, -0.15) is 0 Å². The van der Waals surface area contributed by atoms with Crippen LogP contribution >= 0.6 is 0 Å². The Bertz CT molecular complexity index is 792. The number of hydrogen-bond acceptors (Lipinski definition) is 4. The van der Waals surface area contributed by atoms with E-state index in [2.05, 4.69) is 10.6 Å². The standard InChI is InChI=1S/C21H27N3O4/c25-19(22-15-6-7-17-18(10-15)28-13-27-17)16-11-21(16)8-9-24(12-21)20(26)23-14-4-2-1-3-5-14/h6-7,10,14,16H,1-5,8-9,11-13H2,(H,22,25)(H,23,26)/t16-,21+/m1/s1. The van der Waals surface area contributed by atoms with Crippen molar-refractivity contribution in [2.75, 3.05) is 25.2 Å². The highest BCUT2D eigenvalue weighted by Gasteiger charge is 2.61. The summed E-state index contributed by atoms with van der Waals surface area (Å²) in [5.41, 5.74) is 0.686. The van der Waals surface area contributed by atoms with E-state index in [0.29, 0.717) is 24.1 Å². The van der Waals surface area contributed by atoms with Gasteiger partial charge in [0.2, 0.25) is 12.7 Å². The van der Waals surface area contributed by atoms with Crippen molar-refractivity contribution in [3.05, 3.63) is 18.2 Å². The first-order valence-electron chi connectivity index (χ1n) is 10.4. The van der Waals surface area contributed by atoms with E-state index in [1.807, 2.05) is 17.0 Å². The number of likely N-dealkylation sites (tertiary alicyclic amines) is 1. The summed E-state index contributed by atoms with van der Waals surface area (Å²) < 4.78 is 10.7. The van der Waals surface area contributed by atoms with E-state index < -0.39 is 0 Å². The van der Waals surface area contributed by atoms with Crippen LogP contribution in [0.15, 0.2) is 18.2 Å². The van der Waals surface area contributed by atoms with E-state index in [0.717, 1.165) is 37.9 Å². The number of nitrogens with zero attached hydrogens (tertiary/aromatic N) is 1. The minimum atomic E-state index is -0.0374. The van der Waals surface area contributed by atoms with Gasteiger partial charge >= 0.3 is 6.03 Å². The van der Waals surface area contributed by atoms with Crippen LogP contribution in [-0.4, -0.2) is 42.8 Å². The quantitative estimate of drug-likeness (QED) is 0.838. The summed E-state index contributed by atoms with van der Waals surface area (Å²) in [7, 11) is 0. The third-order valence-electron chi connectivity index (χ3n) is 6.75. The molecule has 0 radical (unpaired) electrons. The lowest BCUT2D eigenvalue weighted by Gasteiger charge is -2.26. The van der Waals surface area contributed by atoms with Crippen molar-refractivity contribution in [1.82, 2.24) is 10.2 Å². The van der Waals surface area contributed by atoms with Gasteiger partial charge in [0, 0.05) is 42.2 Å². The molecule has 0 bridgehead atoms. The van der Waals surface area contributed by atoms with Crippen LogP contribution in [0, 0.1) is 11.3 Å². The van der Waals surface area contributed by atoms with Gasteiger partial charge in [0.25, 0.3) is 0 Å². The second-order valence-corrected chi connectivity index (χ2v) is 8.63. The van der Waals surface area contributed by atoms with Crippen LogP contribution in [0.2, 0.25) is 0 Å². The van der Waals surface area contributed by atoms with E-state index in [-0.39, 0.29) is 30.1 Å². The summed E-state index contributed by atoms with van der Waals surface area (Å²) in [5, 5.41) is 6.20. The average Bonchev–Trinajstić information content (AvgIpc) is 3.02. The number of urea groups is 1. The van der Waals surface area contributed by atoms with Crippen molar-refractivity contribution in [2.45, 2.75) is 51.0 Å². The minimum absolute atomic E-state index is 0.0228. The third-order valence-corrected chi connectivity index (χ3v) is 6.75. The molecule has 5 rings (SSSR count). The highest BCUT2D eigenvalue weighted by atomic mass is 16.7. The first kappa shape index (κ1) is 17.6. The summed E-state index contributed by atoms with van der Waals surface area (Å²) in [4.78, 5) is 27.2. The molecule has 2 N–H and O–H groups in total. The topological polar surface area (TPSA) is 79.9 Å². The maximum Gasteiger partial charge on any atom is 0.317 e. The van der Waals surface area contributed by atoms with Crippen molar-refractivity contribution < 1.29 is 19.1 Å². The Morgan fingerprint density at radius 2 is 1.93 bits per heavy atom. The molecule has 0 unspecified atom stereocenters. The summed E-state index contributed by atoms with van der Waals surface area (Å²) in [6, 6.07) is 5.81. The molecular weight excluding hydrogens is 358 g/mol. The Balaban J connectivity index is 1.15. The molecule has 28 heavy (non-hydrogen) atoms. The zero-order chi connectivity index (χ0) is 19.1. The van der Waals surface area contributed by atoms with Crippen LogP contribution < -0.4 is 20.1 Å². The van der Waals surface area contributed by atoms with Gasteiger partial charge in [-0.05, 0) is 37.8 Å². The first-order valence-corrected chi connectivity index (χ1v) is 10.4. The molecule has 0 aromatic heterocycles. The molecule has 4 aliphatic rings. The Hall–Kier alpha value is -2.44. The summed E-state index contributed by atoms with van der Waals surface area (Å²) >= 11 is 0. The van der Waals surface area contributed by atoms with E-state index >= 15 is 0 Å². The van der Waals surface area contributed by atoms with E-state index in [1.165, 1.54) is 19.3 Å². The fourth-order valence-electron chi connectivity index (χ4n) is 4.96. The van der Waals surface area contributed by atoms with E-state index in [9.17, 15) is 9.59 Å². The van der Waals surface area contributed by atoms with Gasteiger partial charge in [-0.25, -0.2) is 4.79 Å². The first-order chi connectivity index (χ1) is 13.6. The zero-order valence-electron chi connectivity index (χ0n) is 16.0. The maximum atomic E-state index is 12.7. The summed E-state index contributed by atoms with van der Waals surface area (Å²) in [6.07, 6.45) is 7.63. The maximum absolute atomic E-state index is 12.7. The Morgan fingerprint density at radius 1 is 1.11 bits per heavy atom. The fraction of sp³-hybridized carbons (Fsp3) is 0.619. The van der Waals surface area contributed by atoms with Gasteiger partial charge in [-0.1, -0.05) is 19.3 Å². The summed E-state index contributed by atoms with van der Waals surface area (Å²) in [5.74, 6) is 1.38. The lowest BCUT2D eigenvalue weighted by Crippen LogP contribution is -2.44. The van der Waals surface area contributed by atoms with E-state index in [4.69, 9.17) is 9.47 Å². The lowest BCUT2D eigenvalue weighted by atomic mass is 9.96. The normalized spacial score (nSPS) is 28.4. The van der Waals surface area contributed by atoms with Crippen LogP contribution in [0.25, 0.3) is 0 Å². The number of ether oxygens (including phenoxy) is 2. The molecule has 3 fully saturated rings. The largest absolute Gasteiger partial charge is 0.454 e. The van der Waals surface area contributed by atoms with Crippen LogP contribution in [0.1, 0.15) is 44.9 Å². The number of rotatable bonds is 3. The Kier molecular flexibility index (Phi) is 4.33. The predicted molar refractivity (Wildman–Crippen MR) is 103 cm³/mol. The number of carbonyl (C=O) groups is 2. The van der Waals surface area contributed by atoms with Crippen molar-refractivity contribution in [1.29, 1.82) is 0 Å². The highest BCUT2D eigenvalue weighted by Crippen LogP contribution is 2.58. The molecule has 1 aromatic rings. The van der Waals surface area contributed by atoms with Crippen molar-refractivity contribution >= 4 is 17.6 Å². The van der Waals surface area contributed by atoms with Crippen LogP contribution in [0.4, 0.5) is 10.5 Å². The molecule has 2 aliphatic heterocycles. The molecule has 7 heteroatoms. The Labute approximate surface area is 164 Å². The molecule has 2 saturated carbocycles. The molecule has 2 atom stereocenters. The zero-order valence-corrected chi connectivity index (χ0v) is 16.0. The number of benzene rings is 1. The molecular formula is C21H27N3O4. The molecule has 7 nitrogen and oxygen atoms in total. The van der Waals surface area contributed by atoms with Crippen molar-refractivity contribution in [2.24, 2.45) is 11.3 Å². The smallest absolute Gasteiger partial charge is 0.317 e. The monoisotopic (exact) mass is 385 g/mol. The number of amides is 3. The van der Waals surface area contributed by atoms with Crippen LogP contribution in [0.3, 0.4) is 0 Å². The molecule has 2 heterocycles. The van der Waals surface area contributed by atoms with Crippen molar-refractivity contribution in [3.8, 4) is 11.5 Å². The number of carbonyl (C=O) groups excluding carboxylic acids is 2. The van der Waals surface area contributed by atoms with Gasteiger partial charge in [0.15, 0.2) is 11.5 Å². The number of anilines is 1. The Morgan fingerprint density at radius 3 is 2.79 bits per heavy atom. The minimum Gasteiger partial charge on any atom is -0.454 e. The van der Waals surface area contributed by atoms with Gasteiger partial charge in [-0.15, -0.1) is 0 Å². The lowest BCUT2D eigenvalue weighted by molar-refractivity contribution is -0.118. The molecule has 1 aromatic carbocycles. The molecule has 1 spiro atoms. The second-order valence-electron chi connectivity index (χ2n) is 8.63. The highest BCUT2D eigenvalue weighted by molar-refractivity contribution is 5.95. The predicted octanol–water partition coefficient (Wildman–Crippen LogP) is 3.11. The molecule has 1 saturated heterocycles. The number of hydrogen-bond donors (Lipinski definition) is 2. The van der Waals surface area contributed by atoms with Crippen LogP contribution in [0.5, 0.6) is 11.5 Å². The molecule has 150 valence electrons. The SMILES string of the molecule is O=C(Nc1ccc2c(c1)OCO2)[C@H]1C[C@]12CCN(C(=O)NC1CCCCC1)C2. The molecule has 3 amide bonds. The summed E-state index contributed by atoms with van der Waals surface area (Å²) in [6.45, 7) is 1.65. The number of nitrogens with one attached hydrogen (secondary N) is 2. The third kappa shape index (κ3) is 3.27. The second kappa shape index (κ2) is 6.87. The van der Waals surface area contributed by atoms with Gasteiger partial charge in [0.1, 0.15) is 0 Å². The van der Waals surface area contributed by atoms with Crippen LogP contribution in [-0.2, 0) is 4.79 Å². The van der Waals surface area contributed by atoms with Gasteiger partial charge in [0.05, 0.1) is 0 Å². The van der Waals surface area contributed by atoms with E-state index in [1.54, 1.807) is 6.07 Å². The number of fused-ring (bicyclic) bond motifs is 1. The fourth-order valence-corrected chi connectivity index (χ4v) is 4.96. The molecule has 2 aliphatic carbocycles. The van der Waals surface area contributed by atoms with Gasteiger partial charge in [-0.3, -0.25) is 4.79 Å². The van der Waals surface area contributed by atoms with Gasteiger partial charge < -0.3 is 25.0 Å².